The molecule has 1 fully saturated rings. The minimum atomic E-state index is -0.0875. The number of carbonyl (C=O) groups excluding carboxylic acids is 1. The predicted molar refractivity (Wildman–Crippen MR) is 157 cm³/mol. The van der Waals surface area contributed by atoms with E-state index in [2.05, 4.69) is 105 Å². The topological polar surface area (TPSA) is 53.4 Å². The number of amides is 1. The largest absolute Gasteiger partial charge is 0.352 e. The maximum Gasteiger partial charge on any atom is 0.244 e. The van der Waals surface area contributed by atoms with Crippen molar-refractivity contribution in [3.05, 3.63) is 131 Å². The van der Waals surface area contributed by atoms with Gasteiger partial charge in [-0.3, -0.25) is 19.6 Å². The van der Waals surface area contributed by atoms with Crippen molar-refractivity contribution in [1.82, 2.24) is 24.7 Å². The molecule has 0 bridgehead atoms. The van der Waals surface area contributed by atoms with Gasteiger partial charge in [0, 0.05) is 82.6 Å². The van der Waals surface area contributed by atoms with Crippen molar-refractivity contribution in [3.63, 3.8) is 0 Å². The van der Waals surface area contributed by atoms with E-state index in [1.807, 2.05) is 12.1 Å². The van der Waals surface area contributed by atoms with Crippen LogP contribution in [0.2, 0.25) is 0 Å². The minimum Gasteiger partial charge on any atom is -0.352 e. The fourth-order valence-electron chi connectivity index (χ4n) is 5.32. The Labute approximate surface area is 231 Å². The van der Waals surface area contributed by atoms with E-state index in [-0.39, 0.29) is 11.9 Å². The third-order valence-corrected chi connectivity index (χ3v) is 7.51. The molecule has 0 spiro atoms. The summed E-state index contributed by atoms with van der Waals surface area (Å²) in [5, 5.41) is 2.99. The van der Waals surface area contributed by atoms with E-state index in [9.17, 15) is 4.79 Å². The first kappa shape index (κ1) is 26.6. The SMILES string of the molecule is Cn1c(CCNC(=O)/C=C\c2cccnc2)ccc1CN1CCN(C(c2ccccc2)c2ccccc2)CC1. The number of benzene rings is 2. The Morgan fingerprint density at radius 2 is 1.54 bits per heavy atom. The number of hydrogen-bond donors (Lipinski definition) is 1. The van der Waals surface area contributed by atoms with Crippen molar-refractivity contribution >= 4 is 12.0 Å². The highest BCUT2D eigenvalue weighted by atomic mass is 16.1. The van der Waals surface area contributed by atoms with E-state index in [0.717, 1.165) is 44.7 Å². The Morgan fingerprint density at radius 3 is 2.18 bits per heavy atom. The first-order valence-electron chi connectivity index (χ1n) is 13.7. The fourth-order valence-corrected chi connectivity index (χ4v) is 5.32. The summed E-state index contributed by atoms with van der Waals surface area (Å²) < 4.78 is 2.28. The monoisotopic (exact) mass is 519 g/mol. The first-order valence-corrected chi connectivity index (χ1v) is 13.7. The van der Waals surface area contributed by atoms with Gasteiger partial charge in [0.05, 0.1) is 6.04 Å². The average molecular weight is 520 g/mol. The normalized spacial score (nSPS) is 14.7. The van der Waals surface area contributed by atoms with Crippen LogP contribution < -0.4 is 5.32 Å². The van der Waals surface area contributed by atoms with Crippen LogP contribution in [0.5, 0.6) is 0 Å². The van der Waals surface area contributed by atoms with Gasteiger partial charge in [0.1, 0.15) is 0 Å². The number of piperazine rings is 1. The number of pyridine rings is 1. The lowest BCUT2D eigenvalue weighted by Gasteiger charge is -2.39. The molecule has 1 aliphatic heterocycles. The zero-order valence-electron chi connectivity index (χ0n) is 22.6. The summed E-state index contributed by atoms with van der Waals surface area (Å²) in [5.74, 6) is -0.0875. The highest BCUT2D eigenvalue weighted by Crippen LogP contribution is 2.29. The Morgan fingerprint density at radius 1 is 0.872 bits per heavy atom. The van der Waals surface area contributed by atoms with E-state index >= 15 is 0 Å². The Kier molecular flexibility index (Phi) is 8.99. The zero-order chi connectivity index (χ0) is 26.9. The van der Waals surface area contributed by atoms with E-state index in [4.69, 9.17) is 0 Å². The van der Waals surface area contributed by atoms with Gasteiger partial charge in [-0.05, 0) is 41.0 Å². The molecule has 1 amide bonds. The summed E-state index contributed by atoms with van der Waals surface area (Å²) >= 11 is 0. The maximum absolute atomic E-state index is 12.2. The van der Waals surface area contributed by atoms with Crippen LogP contribution in [0.3, 0.4) is 0 Å². The zero-order valence-corrected chi connectivity index (χ0v) is 22.6. The molecule has 1 N–H and O–H groups in total. The van der Waals surface area contributed by atoms with Crippen LogP contribution in [0.1, 0.15) is 34.1 Å². The predicted octanol–water partition coefficient (Wildman–Crippen LogP) is 4.70. The van der Waals surface area contributed by atoms with Gasteiger partial charge in [-0.2, -0.15) is 0 Å². The number of rotatable bonds is 10. The van der Waals surface area contributed by atoms with Crippen LogP contribution in [0, 0.1) is 0 Å². The van der Waals surface area contributed by atoms with Crippen LogP contribution >= 0.6 is 0 Å². The third-order valence-electron chi connectivity index (χ3n) is 7.51. The molecule has 1 aliphatic rings. The standard InChI is InChI=1S/C33H37N5O/c1-36-30(18-20-35-32(39)17-14-27-9-8-19-34-25-27)15-16-31(36)26-37-21-23-38(24-22-37)33(28-10-4-2-5-11-28)29-12-6-3-7-13-29/h2-17,19,25,33H,18,20-24,26H2,1H3,(H,35,39)/b17-14-. The molecule has 0 aliphatic carbocycles. The van der Waals surface area contributed by atoms with E-state index in [0.29, 0.717) is 6.54 Å². The van der Waals surface area contributed by atoms with Gasteiger partial charge in [0.25, 0.3) is 0 Å². The molecule has 0 atom stereocenters. The Balaban J connectivity index is 1.12. The van der Waals surface area contributed by atoms with Crippen molar-refractivity contribution in [2.75, 3.05) is 32.7 Å². The molecule has 200 valence electrons. The van der Waals surface area contributed by atoms with Gasteiger partial charge in [0.15, 0.2) is 0 Å². The summed E-state index contributed by atoms with van der Waals surface area (Å²) in [7, 11) is 2.13. The molecule has 0 saturated carbocycles. The molecular formula is C33H37N5O. The van der Waals surface area contributed by atoms with Crippen LogP contribution in [-0.2, 0) is 24.8 Å². The Hall–Kier alpha value is -4.00. The minimum absolute atomic E-state index is 0.0875. The number of hydrogen-bond acceptors (Lipinski definition) is 4. The van der Waals surface area contributed by atoms with E-state index in [1.54, 1.807) is 24.5 Å². The smallest absolute Gasteiger partial charge is 0.244 e. The molecule has 3 heterocycles. The van der Waals surface area contributed by atoms with Crippen LogP contribution in [0.4, 0.5) is 0 Å². The lowest BCUT2D eigenvalue weighted by atomic mass is 9.96. The van der Waals surface area contributed by atoms with Crippen LogP contribution in [0.25, 0.3) is 6.08 Å². The molecule has 4 aromatic rings. The summed E-state index contributed by atoms with van der Waals surface area (Å²) in [6.07, 6.45) is 7.60. The number of aromatic nitrogens is 2. The van der Waals surface area contributed by atoms with Gasteiger partial charge in [-0.25, -0.2) is 0 Å². The van der Waals surface area contributed by atoms with Gasteiger partial charge in [-0.1, -0.05) is 66.7 Å². The summed E-state index contributed by atoms with van der Waals surface area (Å²) in [6, 6.07) is 30.2. The maximum atomic E-state index is 12.2. The number of nitrogens with one attached hydrogen (secondary N) is 1. The molecule has 6 heteroatoms. The average Bonchev–Trinajstić information content (AvgIpc) is 3.33. The molecular weight excluding hydrogens is 482 g/mol. The lowest BCUT2D eigenvalue weighted by molar-refractivity contribution is -0.116. The lowest BCUT2D eigenvalue weighted by Crippen LogP contribution is -2.47. The van der Waals surface area contributed by atoms with Crippen molar-refractivity contribution in [3.8, 4) is 0 Å². The van der Waals surface area contributed by atoms with E-state index < -0.39 is 0 Å². The fraction of sp³-hybridized carbons (Fsp3) is 0.273. The highest BCUT2D eigenvalue weighted by Gasteiger charge is 2.26. The second-order valence-electron chi connectivity index (χ2n) is 10.1. The van der Waals surface area contributed by atoms with E-state index in [1.165, 1.54) is 22.5 Å². The molecule has 1 saturated heterocycles. The van der Waals surface area contributed by atoms with Crippen molar-refractivity contribution in [2.24, 2.45) is 7.05 Å². The number of carbonyl (C=O) groups is 1. The molecule has 0 unspecified atom stereocenters. The van der Waals surface area contributed by atoms with Crippen LogP contribution in [-0.4, -0.2) is 58.0 Å². The second kappa shape index (κ2) is 13.2. The van der Waals surface area contributed by atoms with Crippen molar-refractivity contribution in [2.45, 2.75) is 19.0 Å². The van der Waals surface area contributed by atoms with Crippen molar-refractivity contribution in [1.29, 1.82) is 0 Å². The molecule has 0 radical (unpaired) electrons. The van der Waals surface area contributed by atoms with Gasteiger partial charge in [0.2, 0.25) is 5.91 Å². The van der Waals surface area contributed by atoms with Gasteiger partial charge >= 0.3 is 0 Å². The van der Waals surface area contributed by atoms with Crippen molar-refractivity contribution < 1.29 is 4.79 Å². The summed E-state index contributed by atoms with van der Waals surface area (Å²) in [4.78, 5) is 21.4. The second-order valence-corrected chi connectivity index (χ2v) is 10.1. The van der Waals surface area contributed by atoms with Gasteiger partial charge < -0.3 is 9.88 Å². The third kappa shape index (κ3) is 7.11. The molecule has 2 aromatic heterocycles. The quantitative estimate of drug-likeness (QED) is 0.309. The molecule has 5 rings (SSSR count). The van der Waals surface area contributed by atoms with Gasteiger partial charge in [-0.15, -0.1) is 0 Å². The summed E-state index contributed by atoms with van der Waals surface area (Å²) in [6.45, 7) is 5.68. The molecule has 6 nitrogen and oxygen atoms in total. The summed E-state index contributed by atoms with van der Waals surface area (Å²) in [5.41, 5.74) is 6.15. The van der Waals surface area contributed by atoms with Crippen LogP contribution in [0.15, 0.2) is 103 Å². The molecule has 39 heavy (non-hydrogen) atoms. The molecule has 2 aromatic carbocycles. The Bertz CT molecular complexity index is 1300. The highest BCUT2D eigenvalue weighted by molar-refractivity contribution is 5.91. The number of nitrogens with zero attached hydrogens (tertiary/aromatic N) is 4. The first-order chi connectivity index (χ1) is 19.2.